The highest BCUT2D eigenvalue weighted by Crippen LogP contribution is 2.22. The molecular weight excluding hydrogens is 447 g/mol. The highest BCUT2D eigenvalue weighted by Gasteiger charge is 2.24. The van der Waals surface area contributed by atoms with Gasteiger partial charge >= 0.3 is 5.97 Å². The monoisotopic (exact) mass is 468 g/mol. The van der Waals surface area contributed by atoms with Crippen LogP contribution in [0.3, 0.4) is 0 Å². The van der Waals surface area contributed by atoms with Crippen molar-refractivity contribution in [2.45, 2.75) is 26.8 Å². The second-order valence-electron chi connectivity index (χ2n) is 7.40. The van der Waals surface area contributed by atoms with Crippen LogP contribution in [-0.2, 0) is 16.1 Å². The van der Waals surface area contributed by atoms with Gasteiger partial charge in [-0.05, 0) is 43.7 Å². The molecule has 9 heteroatoms. The average molecular weight is 469 g/mol. The Morgan fingerprint density at radius 1 is 1.15 bits per heavy atom. The van der Waals surface area contributed by atoms with Crippen molar-refractivity contribution in [2.75, 3.05) is 18.1 Å². The normalized spacial score (nSPS) is 10.5. The maximum atomic E-state index is 13.2. The van der Waals surface area contributed by atoms with Crippen LogP contribution in [0.4, 0.5) is 10.1 Å². The molecule has 0 aliphatic carbocycles. The fourth-order valence-electron chi connectivity index (χ4n) is 3.21. The van der Waals surface area contributed by atoms with E-state index in [0.717, 1.165) is 11.1 Å². The Bertz CT molecular complexity index is 1180. The van der Waals surface area contributed by atoms with Crippen LogP contribution >= 0.6 is 11.6 Å². The highest BCUT2D eigenvalue weighted by molar-refractivity contribution is 6.32. The van der Waals surface area contributed by atoms with Crippen LogP contribution in [0.1, 0.15) is 33.6 Å². The number of halogens is 2. The molecule has 3 rings (SSSR count). The van der Waals surface area contributed by atoms with Crippen LogP contribution in [0.2, 0.25) is 5.15 Å². The molecule has 0 spiro atoms. The van der Waals surface area contributed by atoms with Crippen molar-refractivity contribution in [1.29, 1.82) is 5.26 Å². The molecule has 1 heterocycles. The average Bonchev–Trinajstić information content (AvgIpc) is 3.07. The molecular formula is C24H22ClFN4O3. The molecule has 0 aliphatic heterocycles. The number of nitriles is 1. The van der Waals surface area contributed by atoms with Crippen molar-refractivity contribution in [3.63, 3.8) is 0 Å². The molecule has 0 atom stereocenters. The molecule has 0 fully saturated rings. The van der Waals surface area contributed by atoms with Crippen molar-refractivity contribution in [2.24, 2.45) is 0 Å². The van der Waals surface area contributed by atoms with E-state index in [1.54, 1.807) is 6.92 Å². The predicted octanol–water partition coefficient (Wildman–Crippen LogP) is 4.44. The van der Waals surface area contributed by atoms with E-state index in [4.69, 9.17) is 21.6 Å². The third kappa shape index (κ3) is 5.96. The fourth-order valence-corrected chi connectivity index (χ4v) is 3.53. The number of hydrogen-bond acceptors (Lipinski definition) is 5. The van der Waals surface area contributed by atoms with Gasteiger partial charge in [0.15, 0.2) is 6.61 Å². The van der Waals surface area contributed by atoms with Crippen molar-refractivity contribution in [1.82, 2.24) is 9.78 Å². The number of carbonyl (C=O) groups excluding carboxylic acids is 2. The van der Waals surface area contributed by atoms with E-state index in [1.807, 2.05) is 37.3 Å². The predicted molar refractivity (Wildman–Crippen MR) is 122 cm³/mol. The van der Waals surface area contributed by atoms with E-state index < -0.39 is 24.3 Å². The number of aryl methyl sites for hydroxylation is 2. The minimum Gasteiger partial charge on any atom is -0.452 e. The van der Waals surface area contributed by atoms with Gasteiger partial charge in [0.25, 0.3) is 5.91 Å². The van der Waals surface area contributed by atoms with Crippen LogP contribution in [0.15, 0.2) is 48.5 Å². The number of anilines is 1. The second-order valence-corrected chi connectivity index (χ2v) is 7.76. The van der Waals surface area contributed by atoms with Gasteiger partial charge in [-0.15, -0.1) is 0 Å². The highest BCUT2D eigenvalue weighted by atomic mass is 35.5. The van der Waals surface area contributed by atoms with Crippen molar-refractivity contribution in [3.8, 4) is 6.07 Å². The summed E-state index contributed by atoms with van der Waals surface area (Å²) in [6, 6.07) is 15.1. The number of ether oxygens (including phenoxy) is 1. The summed E-state index contributed by atoms with van der Waals surface area (Å²) >= 11 is 6.40. The van der Waals surface area contributed by atoms with Crippen LogP contribution < -0.4 is 4.90 Å². The number of hydrogen-bond donors (Lipinski definition) is 0. The first-order valence-electron chi connectivity index (χ1n) is 10.2. The summed E-state index contributed by atoms with van der Waals surface area (Å²) in [4.78, 5) is 26.7. The number of rotatable bonds is 8. The first kappa shape index (κ1) is 24.0. The first-order valence-corrected chi connectivity index (χ1v) is 10.6. The number of amides is 1. The summed E-state index contributed by atoms with van der Waals surface area (Å²) < 4.78 is 19.9. The number of esters is 1. The van der Waals surface area contributed by atoms with Gasteiger partial charge in [-0.1, -0.05) is 41.4 Å². The van der Waals surface area contributed by atoms with Gasteiger partial charge in [-0.2, -0.15) is 10.4 Å². The van der Waals surface area contributed by atoms with E-state index >= 15 is 0 Å². The van der Waals surface area contributed by atoms with Crippen LogP contribution in [0.5, 0.6) is 0 Å². The molecule has 3 aromatic rings. The Morgan fingerprint density at radius 2 is 1.82 bits per heavy atom. The molecule has 170 valence electrons. The van der Waals surface area contributed by atoms with E-state index in [1.165, 1.54) is 33.8 Å². The summed E-state index contributed by atoms with van der Waals surface area (Å²) in [5, 5.41) is 13.3. The second kappa shape index (κ2) is 10.7. The number of nitrogens with zero attached hydrogens (tertiary/aromatic N) is 4. The lowest BCUT2D eigenvalue weighted by Crippen LogP contribution is -2.35. The standard InChI is InChI=1S/C24H22ClFN4O3/c1-16-4-6-18(7-5-16)14-30-23(25)22(17(2)28-30)24(32)33-15-21(31)29(13-3-12-27)20-10-8-19(26)9-11-20/h4-11H,3,13-15H2,1-2H3. The third-order valence-corrected chi connectivity index (χ3v) is 5.32. The fraction of sp³-hybridized carbons (Fsp3) is 0.250. The zero-order chi connectivity index (χ0) is 24.0. The van der Waals surface area contributed by atoms with E-state index in [2.05, 4.69) is 5.10 Å². The Kier molecular flexibility index (Phi) is 7.80. The first-order chi connectivity index (χ1) is 15.8. The lowest BCUT2D eigenvalue weighted by Gasteiger charge is -2.21. The molecule has 0 saturated carbocycles. The molecule has 33 heavy (non-hydrogen) atoms. The quantitative estimate of drug-likeness (QED) is 0.456. The lowest BCUT2D eigenvalue weighted by molar-refractivity contribution is -0.121. The van der Waals surface area contributed by atoms with Crippen LogP contribution in [0, 0.1) is 31.0 Å². The summed E-state index contributed by atoms with van der Waals surface area (Å²) in [7, 11) is 0. The van der Waals surface area contributed by atoms with Gasteiger partial charge in [-0.3, -0.25) is 4.79 Å². The Balaban J connectivity index is 1.70. The Morgan fingerprint density at radius 3 is 2.45 bits per heavy atom. The minimum absolute atomic E-state index is 0.0633. The Hall–Kier alpha value is -3.70. The molecule has 1 amide bonds. The number of benzene rings is 2. The van der Waals surface area contributed by atoms with Gasteiger partial charge in [0.05, 0.1) is 24.7 Å². The maximum Gasteiger partial charge on any atom is 0.343 e. The minimum atomic E-state index is -0.777. The molecule has 0 bridgehead atoms. The van der Waals surface area contributed by atoms with Gasteiger partial charge < -0.3 is 9.64 Å². The molecule has 7 nitrogen and oxygen atoms in total. The van der Waals surface area contributed by atoms with Crippen molar-refractivity contribution in [3.05, 3.63) is 81.9 Å². The lowest BCUT2D eigenvalue weighted by atomic mass is 10.1. The third-order valence-electron chi connectivity index (χ3n) is 4.94. The topological polar surface area (TPSA) is 88.2 Å². The van der Waals surface area contributed by atoms with E-state index in [-0.39, 0.29) is 23.7 Å². The van der Waals surface area contributed by atoms with Crippen LogP contribution in [0.25, 0.3) is 0 Å². The van der Waals surface area contributed by atoms with Gasteiger partial charge in [0.1, 0.15) is 16.5 Å². The molecule has 0 unspecified atom stereocenters. The van der Waals surface area contributed by atoms with E-state index in [9.17, 15) is 14.0 Å². The molecule has 0 aliphatic rings. The molecule has 0 N–H and O–H groups in total. The molecule has 1 aromatic heterocycles. The largest absolute Gasteiger partial charge is 0.452 e. The zero-order valence-electron chi connectivity index (χ0n) is 18.2. The SMILES string of the molecule is Cc1ccc(Cn2nc(C)c(C(=O)OCC(=O)N(CCC#N)c3ccc(F)cc3)c2Cl)cc1. The van der Waals surface area contributed by atoms with Crippen LogP contribution in [-0.4, -0.2) is 34.8 Å². The smallest absolute Gasteiger partial charge is 0.343 e. The Labute approximate surface area is 195 Å². The van der Waals surface area contributed by atoms with Gasteiger partial charge in [0.2, 0.25) is 0 Å². The maximum absolute atomic E-state index is 13.2. The summed E-state index contributed by atoms with van der Waals surface area (Å²) in [5.41, 5.74) is 2.95. The summed E-state index contributed by atoms with van der Waals surface area (Å²) in [6.45, 7) is 3.50. The van der Waals surface area contributed by atoms with Gasteiger partial charge in [0, 0.05) is 12.2 Å². The van der Waals surface area contributed by atoms with E-state index in [0.29, 0.717) is 17.9 Å². The van der Waals surface area contributed by atoms with Crippen molar-refractivity contribution >= 4 is 29.2 Å². The molecule has 0 saturated heterocycles. The zero-order valence-corrected chi connectivity index (χ0v) is 19.0. The number of aromatic nitrogens is 2. The summed E-state index contributed by atoms with van der Waals surface area (Å²) in [5.74, 6) is -1.78. The molecule has 0 radical (unpaired) electrons. The summed E-state index contributed by atoms with van der Waals surface area (Å²) in [6.07, 6.45) is 0.0633. The number of carbonyl (C=O) groups is 2. The van der Waals surface area contributed by atoms with Gasteiger partial charge in [-0.25, -0.2) is 13.9 Å². The molecule has 2 aromatic carbocycles. The van der Waals surface area contributed by atoms with Crippen molar-refractivity contribution < 1.29 is 18.7 Å².